The number of amides is 1. The summed E-state index contributed by atoms with van der Waals surface area (Å²) in [6.45, 7) is 4.64. The SMILES string of the molecule is Cc1cc(Br)ccc1SCC(=O)NCC1(O)CCOC1C. The lowest BCUT2D eigenvalue weighted by molar-refractivity contribution is -0.120. The molecule has 116 valence electrons. The number of nitrogens with one attached hydrogen (secondary N) is 1. The van der Waals surface area contributed by atoms with E-state index >= 15 is 0 Å². The quantitative estimate of drug-likeness (QED) is 0.778. The number of thioether (sulfide) groups is 1. The first-order valence-electron chi connectivity index (χ1n) is 6.90. The lowest BCUT2D eigenvalue weighted by Crippen LogP contribution is -2.47. The van der Waals surface area contributed by atoms with Gasteiger partial charge in [0.25, 0.3) is 0 Å². The Bertz CT molecular complexity index is 526. The second-order valence-corrected chi connectivity index (χ2v) is 7.27. The molecule has 1 heterocycles. The van der Waals surface area contributed by atoms with Crippen molar-refractivity contribution in [3.8, 4) is 0 Å². The number of benzene rings is 1. The molecule has 6 heteroatoms. The molecule has 0 radical (unpaired) electrons. The highest BCUT2D eigenvalue weighted by atomic mass is 79.9. The highest BCUT2D eigenvalue weighted by Gasteiger charge is 2.39. The molecule has 1 saturated heterocycles. The zero-order chi connectivity index (χ0) is 15.5. The molecule has 0 aliphatic carbocycles. The molecule has 1 aliphatic rings. The van der Waals surface area contributed by atoms with Crippen molar-refractivity contribution in [3.63, 3.8) is 0 Å². The van der Waals surface area contributed by atoms with E-state index in [1.54, 1.807) is 0 Å². The first-order valence-corrected chi connectivity index (χ1v) is 8.68. The van der Waals surface area contributed by atoms with Crippen molar-refractivity contribution in [2.24, 2.45) is 0 Å². The Morgan fingerprint density at radius 3 is 3.00 bits per heavy atom. The van der Waals surface area contributed by atoms with Crippen molar-refractivity contribution in [2.75, 3.05) is 18.9 Å². The molecule has 4 nitrogen and oxygen atoms in total. The smallest absolute Gasteiger partial charge is 0.230 e. The molecular formula is C15H20BrNO3S. The highest BCUT2D eigenvalue weighted by molar-refractivity contribution is 9.10. The number of halogens is 1. The lowest BCUT2D eigenvalue weighted by Gasteiger charge is -2.26. The van der Waals surface area contributed by atoms with Crippen LogP contribution in [0.3, 0.4) is 0 Å². The summed E-state index contributed by atoms with van der Waals surface area (Å²) in [5, 5.41) is 13.1. The molecule has 0 spiro atoms. The molecule has 1 aromatic rings. The van der Waals surface area contributed by atoms with Gasteiger partial charge >= 0.3 is 0 Å². The molecule has 2 rings (SSSR count). The minimum absolute atomic E-state index is 0.0742. The molecular weight excluding hydrogens is 354 g/mol. The summed E-state index contributed by atoms with van der Waals surface area (Å²) in [5.74, 6) is 0.267. The van der Waals surface area contributed by atoms with E-state index in [0.717, 1.165) is 14.9 Å². The number of carbonyl (C=O) groups excluding carboxylic acids is 1. The fraction of sp³-hybridized carbons (Fsp3) is 0.533. The summed E-state index contributed by atoms with van der Waals surface area (Å²) in [7, 11) is 0. The number of carbonyl (C=O) groups is 1. The molecule has 2 unspecified atom stereocenters. The van der Waals surface area contributed by atoms with Crippen LogP contribution >= 0.6 is 27.7 Å². The van der Waals surface area contributed by atoms with Gasteiger partial charge in [0, 0.05) is 28.9 Å². The maximum atomic E-state index is 11.9. The van der Waals surface area contributed by atoms with Crippen molar-refractivity contribution in [2.45, 2.75) is 36.9 Å². The van der Waals surface area contributed by atoms with Crippen molar-refractivity contribution < 1.29 is 14.6 Å². The first kappa shape index (κ1) is 16.8. The van der Waals surface area contributed by atoms with Crippen LogP contribution in [-0.2, 0) is 9.53 Å². The monoisotopic (exact) mass is 373 g/mol. The van der Waals surface area contributed by atoms with Gasteiger partial charge in [0.1, 0.15) is 5.60 Å². The van der Waals surface area contributed by atoms with Crippen LogP contribution < -0.4 is 5.32 Å². The molecule has 0 aromatic heterocycles. The molecule has 0 bridgehead atoms. The van der Waals surface area contributed by atoms with Crippen LogP contribution in [-0.4, -0.2) is 41.6 Å². The van der Waals surface area contributed by atoms with Crippen LogP contribution in [0.15, 0.2) is 27.6 Å². The summed E-state index contributed by atoms with van der Waals surface area (Å²) >= 11 is 4.92. The van der Waals surface area contributed by atoms with Crippen LogP contribution in [0.1, 0.15) is 18.9 Å². The van der Waals surface area contributed by atoms with E-state index in [2.05, 4.69) is 21.2 Å². The fourth-order valence-electron chi connectivity index (χ4n) is 2.22. The van der Waals surface area contributed by atoms with Crippen LogP contribution in [0.5, 0.6) is 0 Å². The standard InChI is InChI=1S/C15H20BrNO3S/c1-10-7-12(16)3-4-13(10)21-8-14(18)17-9-15(19)5-6-20-11(15)2/h3-4,7,11,19H,5-6,8-9H2,1-2H3,(H,17,18). The Labute approximate surface area is 137 Å². The average Bonchev–Trinajstić information content (AvgIpc) is 2.76. The summed E-state index contributed by atoms with van der Waals surface area (Å²) in [6.07, 6.45) is 0.326. The summed E-state index contributed by atoms with van der Waals surface area (Å²) in [6, 6.07) is 5.99. The maximum absolute atomic E-state index is 11.9. The summed E-state index contributed by atoms with van der Waals surface area (Å²) < 4.78 is 6.38. The van der Waals surface area contributed by atoms with Gasteiger partial charge in [-0.25, -0.2) is 0 Å². The number of aryl methyl sites for hydroxylation is 1. The first-order chi connectivity index (χ1) is 9.90. The van der Waals surface area contributed by atoms with Gasteiger partial charge in [-0.3, -0.25) is 4.79 Å². The van der Waals surface area contributed by atoms with E-state index in [0.29, 0.717) is 18.8 Å². The zero-order valence-corrected chi connectivity index (χ0v) is 14.6. The van der Waals surface area contributed by atoms with Gasteiger partial charge in [0.05, 0.1) is 11.9 Å². The minimum atomic E-state index is -0.937. The number of hydrogen-bond donors (Lipinski definition) is 2. The summed E-state index contributed by atoms with van der Waals surface area (Å²) in [5.41, 5.74) is 0.201. The highest BCUT2D eigenvalue weighted by Crippen LogP contribution is 2.26. The molecule has 2 atom stereocenters. The van der Waals surface area contributed by atoms with E-state index in [4.69, 9.17) is 4.74 Å². The van der Waals surface area contributed by atoms with Crippen molar-refractivity contribution in [1.29, 1.82) is 0 Å². The van der Waals surface area contributed by atoms with Gasteiger partial charge < -0.3 is 15.2 Å². The van der Waals surface area contributed by atoms with Crippen molar-refractivity contribution >= 4 is 33.6 Å². The molecule has 1 aliphatic heterocycles. The Balaban J connectivity index is 1.80. The van der Waals surface area contributed by atoms with Gasteiger partial charge in [0.15, 0.2) is 0 Å². The molecule has 2 N–H and O–H groups in total. The van der Waals surface area contributed by atoms with Crippen LogP contribution in [0.4, 0.5) is 0 Å². The number of rotatable bonds is 5. The average molecular weight is 374 g/mol. The molecule has 21 heavy (non-hydrogen) atoms. The normalized spacial score (nSPS) is 25.0. The van der Waals surface area contributed by atoms with Gasteiger partial charge in [-0.2, -0.15) is 0 Å². The fourth-order valence-corrected chi connectivity index (χ4v) is 3.54. The van der Waals surface area contributed by atoms with Crippen molar-refractivity contribution in [1.82, 2.24) is 5.32 Å². The second kappa shape index (κ2) is 7.13. The third kappa shape index (κ3) is 4.45. The maximum Gasteiger partial charge on any atom is 0.230 e. The van der Waals surface area contributed by atoms with Gasteiger partial charge in [-0.1, -0.05) is 15.9 Å². The Morgan fingerprint density at radius 1 is 1.62 bits per heavy atom. The molecule has 1 amide bonds. The zero-order valence-electron chi connectivity index (χ0n) is 12.2. The number of hydrogen-bond acceptors (Lipinski definition) is 4. The Hall–Kier alpha value is -0.560. The number of aliphatic hydroxyl groups is 1. The van der Waals surface area contributed by atoms with E-state index in [-0.39, 0.29) is 18.6 Å². The Kier molecular flexibility index (Phi) is 5.71. The van der Waals surface area contributed by atoms with Gasteiger partial charge in [-0.05, 0) is 37.6 Å². The van der Waals surface area contributed by atoms with Crippen LogP contribution in [0.2, 0.25) is 0 Å². The Morgan fingerprint density at radius 2 is 2.38 bits per heavy atom. The third-order valence-electron chi connectivity index (χ3n) is 3.75. The topological polar surface area (TPSA) is 58.6 Å². The molecule has 1 aromatic carbocycles. The minimum Gasteiger partial charge on any atom is -0.385 e. The van der Waals surface area contributed by atoms with E-state index in [1.807, 2.05) is 32.0 Å². The van der Waals surface area contributed by atoms with Gasteiger partial charge in [0.2, 0.25) is 5.91 Å². The molecule has 1 fully saturated rings. The number of ether oxygens (including phenoxy) is 1. The predicted molar refractivity (Wildman–Crippen MR) is 87.6 cm³/mol. The summed E-state index contributed by atoms with van der Waals surface area (Å²) in [4.78, 5) is 13.0. The van der Waals surface area contributed by atoms with E-state index in [9.17, 15) is 9.90 Å². The third-order valence-corrected chi connectivity index (χ3v) is 5.42. The molecule has 0 saturated carbocycles. The lowest BCUT2D eigenvalue weighted by atomic mass is 9.97. The van der Waals surface area contributed by atoms with E-state index < -0.39 is 5.60 Å². The second-order valence-electron chi connectivity index (χ2n) is 5.34. The predicted octanol–water partition coefficient (Wildman–Crippen LogP) is 2.51. The largest absolute Gasteiger partial charge is 0.385 e. The van der Waals surface area contributed by atoms with Crippen LogP contribution in [0.25, 0.3) is 0 Å². The van der Waals surface area contributed by atoms with Crippen molar-refractivity contribution in [3.05, 3.63) is 28.2 Å². The van der Waals surface area contributed by atoms with E-state index in [1.165, 1.54) is 11.8 Å². The van der Waals surface area contributed by atoms with Gasteiger partial charge in [-0.15, -0.1) is 11.8 Å². The van der Waals surface area contributed by atoms with Crippen LogP contribution in [0, 0.1) is 6.92 Å².